The summed E-state index contributed by atoms with van der Waals surface area (Å²) in [5, 5.41) is 0. The van der Waals surface area contributed by atoms with Crippen LogP contribution in [0.5, 0.6) is 5.75 Å². The molecule has 1 saturated carbocycles. The Morgan fingerprint density at radius 1 is 1.28 bits per heavy atom. The second kappa shape index (κ2) is 6.96. The summed E-state index contributed by atoms with van der Waals surface area (Å²) in [6.07, 6.45) is 4.09. The standard InChI is InChI=1S/C20H28N2O3/c1-24-18-4-2-3-16(13-18)14-21-11-12-25-20(15-21)7-9-22(10-8-20)19(23)17-5-6-17/h2-4,13,17H,5-12,14-15H2,1H3. The molecule has 1 aromatic rings. The van der Waals surface area contributed by atoms with Crippen molar-refractivity contribution in [1.29, 1.82) is 0 Å². The zero-order chi connectivity index (χ0) is 17.3. The Morgan fingerprint density at radius 3 is 2.80 bits per heavy atom. The molecule has 0 atom stereocenters. The first-order valence-corrected chi connectivity index (χ1v) is 9.45. The van der Waals surface area contributed by atoms with Crippen LogP contribution in [0.25, 0.3) is 0 Å². The van der Waals surface area contributed by atoms with Crippen LogP contribution in [0.1, 0.15) is 31.2 Å². The molecule has 2 heterocycles. The molecule has 1 amide bonds. The molecule has 1 aromatic carbocycles. The van der Waals surface area contributed by atoms with Crippen molar-refractivity contribution in [2.24, 2.45) is 5.92 Å². The van der Waals surface area contributed by atoms with E-state index >= 15 is 0 Å². The van der Waals surface area contributed by atoms with Crippen molar-refractivity contribution >= 4 is 5.91 Å². The van der Waals surface area contributed by atoms with Gasteiger partial charge in [-0.05, 0) is 43.4 Å². The quantitative estimate of drug-likeness (QED) is 0.840. The summed E-state index contributed by atoms with van der Waals surface area (Å²) in [4.78, 5) is 16.8. The second-order valence-electron chi connectivity index (χ2n) is 7.69. The third-order valence-corrected chi connectivity index (χ3v) is 5.78. The van der Waals surface area contributed by atoms with Crippen molar-refractivity contribution in [2.75, 3.05) is 39.9 Å². The summed E-state index contributed by atoms with van der Waals surface area (Å²) in [5.74, 6) is 1.61. The number of piperidine rings is 1. The van der Waals surface area contributed by atoms with Gasteiger partial charge in [-0.15, -0.1) is 0 Å². The van der Waals surface area contributed by atoms with Gasteiger partial charge in [-0.2, -0.15) is 0 Å². The fraction of sp³-hybridized carbons (Fsp3) is 0.650. The number of likely N-dealkylation sites (tertiary alicyclic amines) is 1. The normalized spacial score (nSPS) is 23.6. The minimum atomic E-state index is -0.0720. The van der Waals surface area contributed by atoms with E-state index in [1.807, 2.05) is 12.1 Å². The van der Waals surface area contributed by atoms with Crippen LogP contribution >= 0.6 is 0 Å². The van der Waals surface area contributed by atoms with Crippen LogP contribution in [0.15, 0.2) is 24.3 Å². The fourth-order valence-corrected chi connectivity index (χ4v) is 4.11. The highest BCUT2D eigenvalue weighted by Gasteiger charge is 2.42. The van der Waals surface area contributed by atoms with E-state index in [4.69, 9.17) is 9.47 Å². The van der Waals surface area contributed by atoms with Crippen molar-refractivity contribution in [3.05, 3.63) is 29.8 Å². The average Bonchev–Trinajstić information content (AvgIpc) is 3.47. The second-order valence-corrected chi connectivity index (χ2v) is 7.69. The van der Waals surface area contributed by atoms with Gasteiger partial charge in [0.15, 0.2) is 0 Å². The minimum absolute atomic E-state index is 0.0720. The number of rotatable bonds is 4. The molecule has 0 aromatic heterocycles. The Kier molecular flexibility index (Phi) is 4.69. The van der Waals surface area contributed by atoms with Crippen LogP contribution < -0.4 is 4.74 Å². The highest BCUT2D eigenvalue weighted by atomic mass is 16.5. The van der Waals surface area contributed by atoms with Gasteiger partial charge in [-0.1, -0.05) is 12.1 Å². The average molecular weight is 344 g/mol. The largest absolute Gasteiger partial charge is 0.497 e. The van der Waals surface area contributed by atoms with Crippen molar-refractivity contribution < 1.29 is 14.3 Å². The van der Waals surface area contributed by atoms with Crippen LogP contribution in [-0.4, -0.2) is 61.2 Å². The Balaban J connectivity index is 1.35. The lowest BCUT2D eigenvalue weighted by molar-refractivity contribution is -0.152. The van der Waals surface area contributed by atoms with Crippen molar-refractivity contribution in [3.8, 4) is 5.75 Å². The molecule has 0 radical (unpaired) electrons. The summed E-state index contributed by atoms with van der Waals surface area (Å²) in [5.41, 5.74) is 1.20. The number of benzene rings is 1. The summed E-state index contributed by atoms with van der Waals surface area (Å²) < 4.78 is 11.6. The van der Waals surface area contributed by atoms with E-state index in [-0.39, 0.29) is 5.60 Å². The molecule has 1 spiro atoms. The van der Waals surface area contributed by atoms with E-state index in [0.29, 0.717) is 11.8 Å². The number of carbonyl (C=O) groups is 1. The van der Waals surface area contributed by atoms with E-state index in [2.05, 4.69) is 21.9 Å². The predicted octanol–water partition coefficient (Wildman–Crippen LogP) is 2.30. The number of hydrogen-bond acceptors (Lipinski definition) is 4. The lowest BCUT2D eigenvalue weighted by Gasteiger charge is -2.47. The number of carbonyl (C=O) groups excluding carboxylic acids is 1. The highest BCUT2D eigenvalue weighted by Crippen LogP contribution is 2.35. The van der Waals surface area contributed by atoms with Gasteiger partial charge >= 0.3 is 0 Å². The molecule has 2 aliphatic heterocycles. The van der Waals surface area contributed by atoms with Crippen LogP contribution in [-0.2, 0) is 16.1 Å². The molecule has 4 rings (SSSR count). The van der Waals surface area contributed by atoms with E-state index in [9.17, 15) is 4.79 Å². The van der Waals surface area contributed by atoms with Crippen molar-refractivity contribution in [1.82, 2.24) is 9.80 Å². The van der Waals surface area contributed by atoms with Crippen LogP contribution in [0.4, 0.5) is 0 Å². The number of methoxy groups -OCH3 is 1. The first-order valence-electron chi connectivity index (χ1n) is 9.45. The summed E-state index contributed by atoms with van der Waals surface area (Å²) >= 11 is 0. The van der Waals surface area contributed by atoms with E-state index in [0.717, 1.165) is 70.8 Å². The smallest absolute Gasteiger partial charge is 0.225 e. The molecule has 0 N–H and O–H groups in total. The molecule has 2 saturated heterocycles. The molecule has 3 fully saturated rings. The van der Waals surface area contributed by atoms with E-state index in [1.54, 1.807) is 7.11 Å². The van der Waals surface area contributed by atoms with Gasteiger partial charge in [0.05, 0.1) is 19.3 Å². The lowest BCUT2D eigenvalue weighted by atomic mass is 9.89. The van der Waals surface area contributed by atoms with E-state index < -0.39 is 0 Å². The summed E-state index contributed by atoms with van der Waals surface area (Å²) in [6.45, 7) is 5.32. The maximum absolute atomic E-state index is 12.3. The molecular formula is C20H28N2O3. The fourth-order valence-electron chi connectivity index (χ4n) is 4.11. The highest BCUT2D eigenvalue weighted by molar-refractivity contribution is 5.81. The topological polar surface area (TPSA) is 42.0 Å². The maximum atomic E-state index is 12.3. The Morgan fingerprint density at radius 2 is 2.08 bits per heavy atom. The van der Waals surface area contributed by atoms with Crippen molar-refractivity contribution in [2.45, 2.75) is 37.8 Å². The predicted molar refractivity (Wildman–Crippen MR) is 95.5 cm³/mol. The Bertz CT molecular complexity index is 621. The van der Waals surface area contributed by atoms with Gasteiger partial charge in [0.1, 0.15) is 5.75 Å². The van der Waals surface area contributed by atoms with Crippen LogP contribution in [0.2, 0.25) is 0 Å². The Labute approximate surface area is 149 Å². The molecule has 0 unspecified atom stereocenters. The van der Waals surface area contributed by atoms with Gasteiger partial charge in [-0.3, -0.25) is 9.69 Å². The summed E-state index contributed by atoms with van der Waals surface area (Å²) in [6, 6.07) is 8.30. The van der Waals surface area contributed by atoms with Gasteiger partial charge in [0.2, 0.25) is 5.91 Å². The number of amides is 1. The summed E-state index contributed by atoms with van der Waals surface area (Å²) in [7, 11) is 1.71. The minimum Gasteiger partial charge on any atom is -0.497 e. The number of hydrogen-bond donors (Lipinski definition) is 0. The zero-order valence-corrected chi connectivity index (χ0v) is 15.1. The maximum Gasteiger partial charge on any atom is 0.225 e. The van der Waals surface area contributed by atoms with Gasteiger partial charge in [0, 0.05) is 38.6 Å². The molecule has 0 bridgehead atoms. The third-order valence-electron chi connectivity index (χ3n) is 5.78. The first-order chi connectivity index (χ1) is 12.2. The zero-order valence-electron chi connectivity index (χ0n) is 15.1. The SMILES string of the molecule is COc1cccc(CN2CCOC3(CCN(C(=O)C4CC4)CC3)C2)c1. The van der Waals surface area contributed by atoms with Gasteiger partial charge < -0.3 is 14.4 Å². The molecule has 25 heavy (non-hydrogen) atoms. The molecule has 5 nitrogen and oxygen atoms in total. The monoisotopic (exact) mass is 344 g/mol. The third kappa shape index (κ3) is 3.82. The molecule has 3 aliphatic rings. The lowest BCUT2D eigenvalue weighted by Crippen LogP contribution is -2.57. The number of morpholine rings is 1. The van der Waals surface area contributed by atoms with Crippen LogP contribution in [0, 0.1) is 5.92 Å². The molecule has 5 heteroatoms. The number of ether oxygens (including phenoxy) is 2. The van der Waals surface area contributed by atoms with E-state index in [1.165, 1.54) is 5.56 Å². The molecule has 1 aliphatic carbocycles. The van der Waals surface area contributed by atoms with Crippen LogP contribution in [0.3, 0.4) is 0 Å². The Hall–Kier alpha value is -1.59. The number of nitrogens with zero attached hydrogens (tertiary/aromatic N) is 2. The van der Waals surface area contributed by atoms with Gasteiger partial charge in [0.25, 0.3) is 0 Å². The molecule has 136 valence electrons. The first kappa shape index (κ1) is 16.9. The van der Waals surface area contributed by atoms with Gasteiger partial charge in [-0.25, -0.2) is 0 Å². The molecular weight excluding hydrogens is 316 g/mol. The van der Waals surface area contributed by atoms with Crippen molar-refractivity contribution in [3.63, 3.8) is 0 Å².